The zero-order valence-corrected chi connectivity index (χ0v) is 18.5. The van der Waals surface area contributed by atoms with Crippen molar-refractivity contribution in [3.05, 3.63) is 0 Å². The van der Waals surface area contributed by atoms with E-state index in [9.17, 15) is 9.59 Å². The van der Waals surface area contributed by atoms with E-state index in [-0.39, 0.29) is 5.91 Å². The predicted octanol–water partition coefficient (Wildman–Crippen LogP) is 4.84. The Hall–Kier alpha value is -0.910. The number of amides is 2. The fourth-order valence-corrected chi connectivity index (χ4v) is 3.07. The second kappa shape index (κ2) is 14.2. The summed E-state index contributed by atoms with van der Waals surface area (Å²) in [5.41, 5.74) is -0.570. The number of ether oxygens (including phenoxy) is 1. The molecule has 154 valence electrons. The number of thioether (sulfide) groups is 1. The van der Waals surface area contributed by atoms with Crippen LogP contribution in [0.3, 0.4) is 0 Å². The van der Waals surface area contributed by atoms with Crippen molar-refractivity contribution in [2.24, 2.45) is 0 Å². The van der Waals surface area contributed by atoms with Gasteiger partial charge < -0.3 is 15.0 Å². The molecule has 0 aromatic heterocycles. The van der Waals surface area contributed by atoms with Crippen LogP contribution >= 0.6 is 11.8 Å². The van der Waals surface area contributed by atoms with Crippen molar-refractivity contribution in [3.8, 4) is 0 Å². The van der Waals surface area contributed by atoms with Gasteiger partial charge in [-0.2, -0.15) is 11.8 Å². The normalized spacial score (nSPS) is 12.5. The smallest absolute Gasteiger partial charge is 0.408 e. The SMILES string of the molecule is CCCCCN(CCCCC)C(=O)[C@H](CCSC)NC(=O)OC(C)(C)C. The van der Waals surface area contributed by atoms with Gasteiger partial charge in [-0.25, -0.2) is 4.79 Å². The number of carbonyl (C=O) groups excluding carboxylic acids is 2. The van der Waals surface area contributed by atoms with Crippen molar-refractivity contribution in [1.82, 2.24) is 10.2 Å². The maximum absolute atomic E-state index is 13.1. The molecular weight excluding hydrogens is 348 g/mol. The average Bonchev–Trinajstić information content (AvgIpc) is 2.55. The molecule has 6 heteroatoms. The molecule has 26 heavy (non-hydrogen) atoms. The van der Waals surface area contributed by atoms with E-state index in [1.807, 2.05) is 31.9 Å². The van der Waals surface area contributed by atoms with Crippen molar-refractivity contribution >= 4 is 23.8 Å². The molecule has 1 atom stereocenters. The number of rotatable bonds is 13. The highest BCUT2D eigenvalue weighted by Crippen LogP contribution is 2.11. The average molecular weight is 389 g/mol. The van der Waals surface area contributed by atoms with Gasteiger partial charge in [-0.1, -0.05) is 39.5 Å². The van der Waals surface area contributed by atoms with Gasteiger partial charge in [0.15, 0.2) is 0 Å². The Morgan fingerprint density at radius 1 is 1.04 bits per heavy atom. The van der Waals surface area contributed by atoms with Crippen LogP contribution in [0, 0.1) is 0 Å². The highest BCUT2D eigenvalue weighted by atomic mass is 32.2. The molecule has 0 spiro atoms. The number of nitrogens with one attached hydrogen (secondary N) is 1. The Bertz CT molecular complexity index is 387. The third-order valence-electron chi connectivity index (χ3n) is 3.97. The number of unbranched alkanes of at least 4 members (excludes halogenated alkanes) is 4. The van der Waals surface area contributed by atoms with Gasteiger partial charge in [-0.3, -0.25) is 4.79 Å². The zero-order chi connectivity index (χ0) is 20.0. The van der Waals surface area contributed by atoms with Gasteiger partial charge in [-0.15, -0.1) is 0 Å². The van der Waals surface area contributed by atoms with E-state index in [1.54, 1.807) is 11.8 Å². The summed E-state index contributed by atoms with van der Waals surface area (Å²) in [5, 5.41) is 2.80. The number of hydrogen-bond acceptors (Lipinski definition) is 4. The van der Waals surface area contributed by atoms with Crippen LogP contribution in [0.1, 0.15) is 79.6 Å². The minimum atomic E-state index is -0.570. The minimum absolute atomic E-state index is 0.0251. The van der Waals surface area contributed by atoms with Crippen molar-refractivity contribution in [3.63, 3.8) is 0 Å². The lowest BCUT2D eigenvalue weighted by atomic mass is 10.1. The van der Waals surface area contributed by atoms with E-state index in [0.717, 1.165) is 57.4 Å². The second-order valence-electron chi connectivity index (χ2n) is 7.72. The van der Waals surface area contributed by atoms with E-state index < -0.39 is 17.7 Å². The molecule has 0 aliphatic rings. The lowest BCUT2D eigenvalue weighted by molar-refractivity contribution is -0.133. The summed E-state index contributed by atoms with van der Waals surface area (Å²) in [7, 11) is 0. The molecule has 0 radical (unpaired) electrons. The van der Waals surface area contributed by atoms with Crippen LogP contribution < -0.4 is 5.32 Å². The predicted molar refractivity (Wildman–Crippen MR) is 112 cm³/mol. The third kappa shape index (κ3) is 12.4. The molecular formula is C20H40N2O3S. The number of carbonyl (C=O) groups is 2. The van der Waals surface area contributed by atoms with Crippen molar-refractivity contribution < 1.29 is 14.3 Å². The highest BCUT2D eigenvalue weighted by molar-refractivity contribution is 7.98. The minimum Gasteiger partial charge on any atom is -0.444 e. The summed E-state index contributed by atoms with van der Waals surface area (Å²) in [5.74, 6) is 0.848. The van der Waals surface area contributed by atoms with E-state index in [1.165, 1.54) is 0 Å². The molecule has 0 aliphatic heterocycles. The maximum Gasteiger partial charge on any atom is 0.408 e. The quantitative estimate of drug-likeness (QED) is 0.459. The van der Waals surface area contributed by atoms with E-state index in [0.29, 0.717) is 6.42 Å². The molecule has 0 rings (SSSR count). The summed E-state index contributed by atoms with van der Waals surface area (Å²) in [6, 6.07) is -0.513. The van der Waals surface area contributed by atoms with Crippen LogP contribution in [0.5, 0.6) is 0 Å². The number of hydrogen-bond donors (Lipinski definition) is 1. The Morgan fingerprint density at radius 3 is 2.00 bits per heavy atom. The van der Waals surface area contributed by atoms with Gasteiger partial charge in [0.2, 0.25) is 5.91 Å². The summed E-state index contributed by atoms with van der Waals surface area (Å²) in [6.07, 6.45) is 8.63. The lowest BCUT2D eigenvalue weighted by Crippen LogP contribution is -2.50. The molecule has 0 bridgehead atoms. The first-order valence-electron chi connectivity index (χ1n) is 10.0. The molecule has 0 aromatic carbocycles. The molecule has 1 N–H and O–H groups in total. The van der Waals surface area contributed by atoms with Gasteiger partial charge in [0.25, 0.3) is 0 Å². The first kappa shape index (κ1) is 25.1. The number of alkyl carbamates (subject to hydrolysis) is 1. The van der Waals surface area contributed by atoms with E-state index in [2.05, 4.69) is 19.2 Å². The summed E-state index contributed by atoms with van der Waals surface area (Å²) in [4.78, 5) is 27.2. The third-order valence-corrected chi connectivity index (χ3v) is 4.62. The second-order valence-corrected chi connectivity index (χ2v) is 8.71. The van der Waals surface area contributed by atoms with E-state index >= 15 is 0 Å². The molecule has 0 aromatic rings. The summed E-state index contributed by atoms with van der Waals surface area (Å²) >= 11 is 1.68. The monoisotopic (exact) mass is 388 g/mol. The van der Waals surface area contributed by atoms with Crippen molar-refractivity contribution in [2.75, 3.05) is 25.1 Å². The molecule has 2 amide bonds. The van der Waals surface area contributed by atoms with Crippen LogP contribution in [-0.4, -0.2) is 53.6 Å². The topological polar surface area (TPSA) is 58.6 Å². The van der Waals surface area contributed by atoms with Gasteiger partial charge in [0.05, 0.1) is 0 Å². The fraction of sp³-hybridized carbons (Fsp3) is 0.900. The first-order chi connectivity index (χ1) is 12.2. The molecule has 0 fully saturated rings. The largest absolute Gasteiger partial charge is 0.444 e. The Morgan fingerprint density at radius 2 is 1.58 bits per heavy atom. The fourth-order valence-electron chi connectivity index (χ4n) is 2.60. The molecule has 0 saturated heterocycles. The maximum atomic E-state index is 13.1. The van der Waals surface area contributed by atoms with Gasteiger partial charge in [0, 0.05) is 13.1 Å². The number of nitrogens with zero attached hydrogens (tertiary/aromatic N) is 1. The Kier molecular flexibility index (Phi) is 13.7. The van der Waals surface area contributed by atoms with Crippen molar-refractivity contribution in [1.29, 1.82) is 0 Å². The van der Waals surface area contributed by atoms with Crippen molar-refractivity contribution in [2.45, 2.75) is 91.2 Å². The Labute approximate surface area is 165 Å². The molecule has 0 unspecified atom stereocenters. The van der Waals surface area contributed by atoms with Gasteiger partial charge in [0.1, 0.15) is 11.6 Å². The summed E-state index contributed by atoms with van der Waals surface area (Å²) < 4.78 is 5.35. The summed E-state index contributed by atoms with van der Waals surface area (Å²) in [6.45, 7) is 11.3. The van der Waals surface area contributed by atoms with Crippen LogP contribution in [0.25, 0.3) is 0 Å². The van der Waals surface area contributed by atoms with Crippen LogP contribution in [0.15, 0.2) is 0 Å². The highest BCUT2D eigenvalue weighted by Gasteiger charge is 2.27. The van der Waals surface area contributed by atoms with Crippen LogP contribution in [-0.2, 0) is 9.53 Å². The van der Waals surface area contributed by atoms with Crippen LogP contribution in [0.4, 0.5) is 4.79 Å². The lowest BCUT2D eigenvalue weighted by Gasteiger charge is -2.29. The van der Waals surface area contributed by atoms with Gasteiger partial charge in [-0.05, 0) is 52.0 Å². The molecule has 0 heterocycles. The Balaban J connectivity index is 4.97. The zero-order valence-electron chi connectivity index (χ0n) is 17.7. The molecule has 5 nitrogen and oxygen atoms in total. The molecule has 0 saturated carbocycles. The first-order valence-corrected chi connectivity index (χ1v) is 11.4. The molecule has 0 aliphatic carbocycles. The van der Waals surface area contributed by atoms with Crippen LogP contribution in [0.2, 0.25) is 0 Å². The standard InChI is InChI=1S/C20H40N2O3S/c1-7-9-11-14-22(15-12-10-8-2)18(23)17(13-16-26-6)21-19(24)25-20(3,4)5/h17H,7-16H2,1-6H3,(H,21,24)/t17-/m0/s1. The van der Waals surface area contributed by atoms with E-state index in [4.69, 9.17) is 4.74 Å². The van der Waals surface area contributed by atoms with Gasteiger partial charge >= 0.3 is 6.09 Å².